The highest BCUT2D eigenvalue weighted by Gasteiger charge is 2.07. The summed E-state index contributed by atoms with van der Waals surface area (Å²) in [4.78, 5) is 4.35. The molecule has 21 heavy (non-hydrogen) atoms. The SMILES string of the molecule is CCc1nn(C)cc1CNc1ccnc2cc(Cl)ccc12. The number of aromatic nitrogens is 3. The van der Waals surface area contributed by atoms with Crippen LogP contribution in [0.15, 0.2) is 36.7 Å². The van der Waals surface area contributed by atoms with Crippen LogP contribution in [0.2, 0.25) is 5.02 Å². The summed E-state index contributed by atoms with van der Waals surface area (Å²) in [5, 5.41) is 9.71. The zero-order valence-corrected chi connectivity index (χ0v) is 12.9. The van der Waals surface area contributed by atoms with E-state index in [0.717, 1.165) is 35.2 Å². The molecule has 0 aliphatic rings. The molecule has 0 spiro atoms. The summed E-state index contributed by atoms with van der Waals surface area (Å²) < 4.78 is 1.86. The molecule has 0 radical (unpaired) electrons. The van der Waals surface area contributed by atoms with Crippen molar-refractivity contribution in [1.82, 2.24) is 14.8 Å². The van der Waals surface area contributed by atoms with Crippen LogP contribution >= 0.6 is 11.6 Å². The van der Waals surface area contributed by atoms with E-state index in [0.29, 0.717) is 5.02 Å². The Morgan fingerprint density at radius 3 is 2.95 bits per heavy atom. The number of fused-ring (bicyclic) bond motifs is 1. The molecule has 0 saturated carbocycles. The number of pyridine rings is 1. The van der Waals surface area contributed by atoms with Gasteiger partial charge in [0.25, 0.3) is 0 Å². The van der Waals surface area contributed by atoms with Gasteiger partial charge in [0.2, 0.25) is 0 Å². The fraction of sp³-hybridized carbons (Fsp3) is 0.250. The molecule has 0 bridgehead atoms. The van der Waals surface area contributed by atoms with Gasteiger partial charge in [0.1, 0.15) is 0 Å². The van der Waals surface area contributed by atoms with Gasteiger partial charge in [-0.05, 0) is 30.7 Å². The molecule has 4 nitrogen and oxygen atoms in total. The molecule has 2 heterocycles. The summed E-state index contributed by atoms with van der Waals surface area (Å²) >= 11 is 6.01. The molecule has 1 aromatic carbocycles. The Morgan fingerprint density at radius 2 is 2.14 bits per heavy atom. The first-order valence-electron chi connectivity index (χ1n) is 6.97. The van der Waals surface area contributed by atoms with Crippen LogP contribution in [0.5, 0.6) is 0 Å². The minimum atomic E-state index is 0.702. The van der Waals surface area contributed by atoms with E-state index in [2.05, 4.69) is 28.5 Å². The summed E-state index contributed by atoms with van der Waals surface area (Å²) in [5.41, 5.74) is 4.31. The summed E-state index contributed by atoms with van der Waals surface area (Å²) in [5.74, 6) is 0. The molecule has 0 unspecified atom stereocenters. The van der Waals surface area contributed by atoms with Crippen LogP contribution in [0, 0.1) is 0 Å². The monoisotopic (exact) mass is 300 g/mol. The van der Waals surface area contributed by atoms with Crippen molar-refractivity contribution in [3.8, 4) is 0 Å². The maximum absolute atomic E-state index is 6.01. The van der Waals surface area contributed by atoms with Crippen LogP contribution in [-0.4, -0.2) is 14.8 Å². The summed E-state index contributed by atoms with van der Waals surface area (Å²) in [6.45, 7) is 2.87. The van der Waals surface area contributed by atoms with Crippen LogP contribution < -0.4 is 5.32 Å². The van der Waals surface area contributed by atoms with Crippen molar-refractivity contribution in [3.63, 3.8) is 0 Å². The van der Waals surface area contributed by atoms with E-state index >= 15 is 0 Å². The predicted molar refractivity (Wildman–Crippen MR) is 86.7 cm³/mol. The van der Waals surface area contributed by atoms with E-state index in [4.69, 9.17) is 11.6 Å². The van der Waals surface area contributed by atoms with Gasteiger partial charge in [-0.1, -0.05) is 18.5 Å². The minimum Gasteiger partial charge on any atom is -0.380 e. The first kappa shape index (κ1) is 13.9. The van der Waals surface area contributed by atoms with Gasteiger partial charge in [-0.15, -0.1) is 0 Å². The minimum absolute atomic E-state index is 0.702. The van der Waals surface area contributed by atoms with Crippen molar-refractivity contribution >= 4 is 28.2 Å². The van der Waals surface area contributed by atoms with Gasteiger partial charge in [-0.3, -0.25) is 9.67 Å². The standard InChI is InChI=1S/C16H17ClN4/c1-3-14-11(10-21(2)20-14)9-19-15-6-7-18-16-8-12(17)4-5-13(15)16/h4-8,10H,3,9H2,1-2H3,(H,18,19). The van der Waals surface area contributed by atoms with Gasteiger partial charge in [-0.2, -0.15) is 5.10 Å². The van der Waals surface area contributed by atoms with E-state index in [9.17, 15) is 0 Å². The number of benzene rings is 1. The number of aryl methyl sites for hydroxylation is 2. The molecule has 0 atom stereocenters. The average molecular weight is 301 g/mol. The second-order valence-electron chi connectivity index (χ2n) is 5.00. The van der Waals surface area contributed by atoms with Gasteiger partial charge < -0.3 is 5.32 Å². The number of anilines is 1. The summed E-state index contributed by atoms with van der Waals surface area (Å²) in [7, 11) is 1.95. The maximum atomic E-state index is 6.01. The van der Waals surface area contributed by atoms with Crippen molar-refractivity contribution in [2.24, 2.45) is 7.05 Å². The molecular formula is C16H17ClN4. The van der Waals surface area contributed by atoms with Crippen LogP contribution in [0.25, 0.3) is 10.9 Å². The molecule has 0 amide bonds. The zero-order valence-electron chi connectivity index (χ0n) is 12.1. The zero-order chi connectivity index (χ0) is 14.8. The lowest BCUT2D eigenvalue weighted by Crippen LogP contribution is -2.02. The number of nitrogens with one attached hydrogen (secondary N) is 1. The highest BCUT2D eigenvalue weighted by molar-refractivity contribution is 6.31. The number of nitrogens with zero attached hydrogens (tertiary/aromatic N) is 3. The predicted octanol–water partition coefficient (Wildman–Crippen LogP) is 3.80. The lowest BCUT2D eigenvalue weighted by atomic mass is 10.1. The lowest BCUT2D eigenvalue weighted by Gasteiger charge is -2.09. The van der Waals surface area contributed by atoms with Crippen molar-refractivity contribution in [2.45, 2.75) is 19.9 Å². The van der Waals surface area contributed by atoms with Crippen molar-refractivity contribution in [2.75, 3.05) is 5.32 Å². The number of hydrogen-bond acceptors (Lipinski definition) is 3. The highest BCUT2D eigenvalue weighted by Crippen LogP contribution is 2.25. The largest absolute Gasteiger partial charge is 0.380 e. The van der Waals surface area contributed by atoms with Crippen LogP contribution in [-0.2, 0) is 20.0 Å². The highest BCUT2D eigenvalue weighted by atomic mass is 35.5. The summed E-state index contributed by atoms with van der Waals surface area (Å²) in [6.07, 6.45) is 4.79. The van der Waals surface area contributed by atoms with E-state index < -0.39 is 0 Å². The topological polar surface area (TPSA) is 42.7 Å². The van der Waals surface area contributed by atoms with Crippen LogP contribution in [0.4, 0.5) is 5.69 Å². The first-order chi connectivity index (χ1) is 10.2. The first-order valence-corrected chi connectivity index (χ1v) is 7.34. The Bertz CT molecular complexity index is 779. The van der Waals surface area contributed by atoms with Gasteiger partial charge >= 0.3 is 0 Å². The van der Waals surface area contributed by atoms with Gasteiger partial charge in [0, 0.05) is 47.6 Å². The van der Waals surface area contributed by atoms with E-state index in [1.54, 1.807) is 6.20 Å². The Morgan fingerprint density at radius 1 is 1.29 bits per heavy atom. The molecule has 0 saturated heterocycles. The molecule has 0 fully saturated rings. The molecule has 3 rings (SSSR count). The summed E-state index contributed by atoms with van der Waals surface area (Å²) in [6, 6.07) is 7.75. The number of hydrogen-bond donors (Lipinski definition) is 1. The number of halogens is 1. The lowest BCUT2D eigenvalue weighted by molar-refractivity contribution is 0.746. The van der Waals surface area contributed by atoms with Crippen molar-refractivity contribution in [1.29, 1.82) is 0 Å². The second kappa shape index (κ2) is 5.74. The Kier molecular flexibility index (Phi) is 3.80. The van der Waals surface area contributed by atoms with Gasteiger partial charge in [0.05, 0.1) is 11.2 Å². The van der Waals surface area contributed by atoms with Crippen molar-refractivity contribution < 1.29 is 0 Å². The van der Waals surface area contributed by atoms with E-state index in [1.807, 2.05) is 36.0 Å². The smallest absolute Gasteiger partial charge is 0.0737 e. The Balaban J connectivity index is 1.88. The fourth-order valence-electron chi connectivity index (χ4n) is 2.49. The average Bonchev–Trinajstić information content (AvgIpc) is 2.84. The third-order valence-corrected chi connectivity index (χ3v) is 3.74. The Labute approximate surface area is 128 Å². The molecular weight excluding hydrogens is 284 g/mol. The van der Waals surface area contributed by atoms with Crippen LogP contribution in [0.1, 0.15) is 18.2 Å². The van der Waals surface area contributed by atoms with Crippen molar-refractivity contribution in [3.05, 3.63) is 52.9 Å². The molecule has 1 N–H and O–H groups in total. The molecule has 3 aromatic rings. The molecule has 2 aromatic heterocycles. The fourth-order valence-corrected chi connectivity index (χ4v) is 2.66. The van der Waals surface area contributed by atoms with Crippen LogP contribution in [0.3, 0.4) is 0 Å². The van der Waals surface area contributed by atoms with E-state index in [1.165, 1.54) is 5.56 Å². The molecule has 5 heteroatoms. The normalized spacial score (nSPS) is 11.0. The Hall–Kier alpha value is -2.07. The second-order valence-corrected chi connectivity index (χ2v) is 5.44. The molecule has 108 valence electrons. The third-order valence-electron chi connectivity index (χ3n) is 3.50. The third kappa shape index (κ3) is 2.85. The number of rotatable bonds is 4. The van der Waals surface area contributed by atoms with Gasteiger partial charge in [-0.25, -0.2) is 0 Å². The molecule has 0 aliphatic heterocycles. The molecule has 0 aliphatic carbocycles. The van der Waals surface area contributed by atoms with Gasteiger partial charge in [0.15, 0.2) is 0 Å². The maximum Gasteiger partial charge on any atom is 0.0737 e. The quantitative estimate of drug-likeness (QED) is 0.797. The van der Waals surface area contributed by atoms with E-state index in [-0.39, 0.29) is 0 Å².